The van der Waals surface area contributed by atoms with Crippen molar-refractivity contribution in [3.8, 4) is 6.07 Å². The van der Waals surface area contributed by atoms with E-state index in [0.717, 1.165) is 37.7 Å². The second-order valence-corrected chi connectivity index (χ2v) is 10.1. The molecule has 4 nitrogen and oxygen atoms in total. The summed E-state index contributed by atoms with van der Waals surface area (Å²) in [5.74, 6) is 2.06. The Balaban J connectivity index is 1.46. The predicted octanol–water partition coefficient (Wildman–Crippen LogP) is 6.04. The summed E-state index contributed by atoms with van der Waals surface area (Å²) in [5, 5.41) is 12.7. The van der Waals surface area contributed by atoms with Gasteiger partial charge in [0.25, 0.3) is 0 Å². The molecular formula is C25H29N3O. The lowest BCUT2D eigenvalue weighted by atomic mass is 9.47. The Bertz CT molecular complexity index is 957. The van der Waals surface area contributed by atoms with Crippen molar-refractivity contribution < 1.29 is 0 Å². The Hall–Kier alpha value is -2.28. The molecule has 0 radical (unpaired) electrons. The zero-order valence-electron chi connectivity index (χ0n) is 17.4. The van der Waals surface area contributed by atoms with E-state index >= 15 is 0 Å². The first-order chi connectivity index (χ1) is 14.0. The van der Waals surface area contributed by atoms with Gasteiger partial charge in [-0.2, -0.15) is 10.2 Å². The van der Waals surface area contributed by atoms with E-state index < -0.39 is 0 Å². The Morgan fingerprint density at radius 1 is 1.10 bits per heavy atom. The van der Waals surface area contributed by atoms with Crippen LogP contribution in [-0.2, 0) is 0 Å². The molecule has 4 aliphatic rings. The van der Waals surface area contributed by atoms with Gasteiger partial charge in [0, 0.05) is 12.4 Å². The SMILES string of the molecule is CC12CCC(N=O)CC1=CCC1C2CCC2(C)C(c3cncc(C#N)c3)=CCC12. The molecule has 0 amide bonds. The first-order valence-electron chi connectivity index (χ1n) is 11.1. The summed E-state index contributed by atoms with van der Waals surface area (Å²) in [6, 6.07) is 4.23. The van der Waals surface area contributed by atoms with Crippen molar-refractivity contribution in [2.75, 3.05) is 0 Å². The fraction of sp³-hybridized carbons (Fsp3) is 0.600. The minimum Gasteiger partial charge on any atom is -0.263 e. The number of nitriles is 1. The van der Waals surface area contributed by atoms with Crippen LogP contribution in [0.2, 0.25) is 0 Å². The van der Waals surface area contributed by atoms with Crippen molar-refractivity contribution in [2.24, 2.45) is 33.8 Å². The van der Waals surface area contributed by atoms with Gasteiger partial charge in [0.2, 0.25) is 0 Å². The largest absolute Gasteiger partial charge is 0.263 e. The third kappa shape index (κ3) is 2.66. The Morgan fingerprint density at radius 2 is 1.93 bits per heavy atom. The van der Waals surface area contributed by atoms with E-state index in [1.165, 1.54) is 24.0 Å². The van der Waals surface area contributed by atoms with Crippen LogP contribution in [0.1, 0.15) is 69.9 Å². The molecule has 6 atom stereocenters. The molecule has 6 unspecified atom stereocenters. The quantitative estimate of drug-likeness (QED) is 0.458. The van der Waals surface area contributed by atoms with Crippen LogP contribution in [0, 0.1) is 44.8 Å². The highest BCUT2D eigenvalue weighted by Crippen LogP contribution is 2.66. The zero-order valence-corrected chi connectivity index (χ0v) is 17.4. The van der Waals surface area contributed by atoms with Crippen LogP contribution >= 0.6 is 0 Å². The fourth-order valence-corrected chi connectivity index (χ4v) is 7.39. The van der Waals surface area contributed by atoms with Gasteiger partial charge in [0.1, 0.15) is 6.07 Å². The van der Waals surface area contributed by atoms with Gasteiger partial charge >= 0.3 is 0 Å². The van der Waals surface area contributed by atoms with Gasteiger partial charge in [-0.1, -0.05) is 36.7 Å². The summed E-state index contributed by atoms with van der Waals surface area (Å²) < 4.78 is 0. The topological polar surface area (TPSA) is 66.1 Å². The van der Waals surface area contributed by atoms with Crippen molar-refractivity contribution in [1.82, 2.24) is 4.98 Å². The summed E-state index contributed by atoms with van der Waals surface area (Å²) in [5.41, 5.74) is 5.09. The standard InChI is InChI=1S/C25H29N3O/c1-24-9-7-19(28-29)12-18(24)3-4-20-22-6-5-21(25(22,2)10-8-23(20)24)17-11-16(13-26)14-27-15-17/h3,5,11,14-15,19-20,22-23H,4,6-10,12H2,1-2H3. The zero-order chi connectivity index (χ0) is 20.2. The second kappa shape index (κ2) is 6.62. The predicted molar refractivity (Wildman–Crippen MR) is 114 cm³/mol. The van der Waals surface area contributed by atoms with Crippen LogP contribution in [0.4, 0.5) is 0 Å². The van der Waals surface area contributed by atoms with Gasteiger partial charge < -0.3 is 0 Å². The van der Waals surface area contributed by atoms with E-state index in [9.17, 15) is 10.2 Å². The number of nitrogens with zero attached hydrogens (tertiary/aromatic N) is 3. The Kier molecular flexibility index (Phi) is 4.28. The molecule has 4 heteroatoms. The molecule has 2 saturated carbocycles. The lowest BCUT2D eigenvalue weighted by Gasteiger charge is -2.57. The normalized spacial score (nSPS) is 40.6. The number of hydrogen-bond acceptors (Lipinski definition) is 4. The van der Waals surface area contributed by atoms with Gasteiger partial charge in [-0.15, -0.1) is 0 Å². The molecule has 29 heavy (non-hydrogen) atoms. The van der Waals surface area contributed by atoms with E-state index in [1.54, 1.807) is 6.20 Å². The fourth-order valence-electron chi connectivity index (χ4n) is 7.39. The molecule has 5 rings (SSSR count). The number of hydrogen-bond donors (Lipinski definition) is 0. The van der Waals surface area contributed by atoms with Crippen molar-refractivity contribution in [3.63, 3.8) is 0 Å². The van der Waals surface area contributed by atoms with Crippen LogP contribution in [0.5, 0.6) is 0 Å². The number of aromatic nitrogens is 1. The first-order valence-corrected chi connectivity index (χ1v) is 11.1. The van der Waals surface area contributed by atoms with Crippen molar-refractivity contribution >= 4 is 5.57 Å². The maximum absolute atomic E-state index is 11.1. The maximum atomic E-state index is 11.1. The van der Waals surface area contributed by atoms with E-state index in [2.05, 4.69) is 42.2 Å². The number of allylic oxidation sites excluding steroid dienone is 3. The van der Waals surface area contributed by atoms with Crippen LogP contribution in [-0.4, -0.2) is 11.0 Å². The van der Waals surface area contributed by atoms with Crippen LogP contribution in [0.3, 0.4) is 0 Å². The molecule has 1 aromatic rings. The molecule has 1 heterocycles. The first kappa shape index (κ1) is 18.7. The van der Waals surface area contributed by atoms with Crippen LogP contribution in [0.25, 0.3) is 5.57 Å². The van der Waals surface area contributed by atoms with E-state index in [0.29, 0.717) is 23.3 Å². The van der Waals surface area contributed by atoms with Gasteiger partial charge in [0.15, 0.2) is 0 Å². The molecule has 1 aromatic heterocycles. The Labute approximate surface area is 173 Å². The van der Waals surface area contributed by atoms with Gasteiger partial charge in [-0.3, -0.25) is 4.98 Å². The number of nitroso groups, excluding NO2 is 1. The van der Waals surface area contributed by atoms with Crippen molar-refractivity contribution in [2.45, 2.75) is 64.8 Å². The molecule has 2 fully saturated rings. The van der Waals surface area contributed by atoms with E-state index in [1.807, 2.05) is 12.3 Å². The molecule has 0 aliphatic heterocycles. The number of pyridine rings is 1. The summed E-state index contributed by atoms with van der Waals surface area (Å²) in [4.78, 5) is 15.4. The lowest BCUT2D eigenvalue weighted by Crippen LogP contribution is -2.49. The molecule has 0 bridgehead atoms. The monoisotopic (exact) mass is 387 g/mol. The number of rotatable bonds is 2. The van der Waals surface area contributed by atoms with Gasteiger partial charge in [0.05, 0.1) is 11.6 Å². The summed E-state index contributed by atoms with van der Waals surface area (Å²) in [6.07, 6.45) is 16.1. The third-order valence-corrected chi connectivity index (χ3v) is 8.99. The van der Waals surface area contributed by atoms with E-state index in [4.69, 9.17) is 0 Å². The molecule has 0 spiro atoms. The van der Waals surface area contributed by atoms with Crippen LogP contribution < -0.4 is 0 Å². The second-order valence-electron chi connectivity index (χ2n) is 10.1. The number of fused-ring (bicyclic) bond motifs is 5. The molecular weight excluding hydrogens is 358 g/mol. The minimum absolute atomic E-state index is 0.0145. The Morgan fingerprint density at radius 3 is 2.72 bits per heavy atom. The van der Waals surface area contributed by atoms with Crippen LogP contribution in [0.15, 0.2) is 41.4 Å². The highest BCUT2D eigenvalue weighted by Gasteiger charge is 2.56. The van der Waals surface area contributed by atoms with Gasteiger partial charge in [-0.05, 0) is 90.7 Å². The van der Waals surface area contributed by atoms with Gasteiger partial charge in [-0.25, -0.2) is 0 Å². The maximum Gasteiger partial charge on any atom is 0.101 e. The smallest absolute Gasteiger partial charge is 0.101 e. The molecule has 0 aromatic carbocycles. The molecule has 150 valence electrons. The average molecular weight is 388 g/mol. The summed E-state index contributed by atoms with van der Waals surface area (Å²) >= 11 is 0. The third-order valence-electron chi connectivity index (χ3n) is 8.99. The highest BCUT2D eigenvalue weighted by atomic mass is 16.3. The van der Waals surface area contributed by atoms with Crippen molar-refractivity contribution in [3.05, 3.63) is 52.2 Å². The molecule has 0 N–H and O–H groups in total. The highest BCUT2D eigenvalue weighted by molar-refractivity contribution is 5.73. The van der Waals surface area contributed by atoms with E-state index in [-0.39, 0.29) is 16.9 Å². The lowest BCUT2D eigenvalue weighted by molar-refractivity contribution is -0.0112. The summed E-state index contributed by atoms with van der Waals surface area (Å²) in [7, 11) is 0. The molecule has 0 saturated heterocycles. The molecule has 4 aliphatic carbocycles. The minimum atomic E-state index is -0.0145. The average Bonchev–Trinajstić information content (AvgIpc) is 3.10. The summed E-state index contributed by atoms with van der Waals surface area (Å²) in [6.45, 7) is 4.91. The van der Waals surface area contributed by atoms with Crippen molar-refractivity contribution in [1.29, 1.82) is 5.26 Å².